The van der Waals surface area contributed by atoms with E-state index in [-0.39, 0.29) is 17.7 Å². The molecule has 1 unspecified atom stereocenters. The van der Waals surface area contributed by atoms with Crippen LogP contribution in [-0.4, -0.2) is 17.7 Å². The number of halogens is 3. The van der Waals surface area contributed by atoms with Crippen molar-refractivity contribution in [3.05, 3.63) is 75.4 Å². The van der Waals surface area contributed by atoms with E-state index in [0.717, 1.165) is 10.9 Å². The van der Waals surface area contributed by atoms with Crippen LogP contribution in [-0.2, 0) is 9.63 Å². The molecule has 1 aromatic heterocycles. The Morgan fingerprint density at radius 2 is 1.96 bits per heavy atom. The van der Waals surface area contributed by atoms with Crippen molar-refractivity contribution < 1.29 is 18.4 Å². The number of oxime groups is 1. The van der Waals surface area contributed by atoms with Gasteiger partial charge in [-0.2, -0.15) is 0 Å². The van der Waals surface area contributed by atoms with Gasteiger partial charge in [0.1, 0.15) is 17.3 Å². The topological polar surface area (TPSA) is 50.7 Å². The molecular weight excluding hydrogens is 406 g/mol. The molecule has 28 heavy (non-hydrogen) atoms. The van der Waals surface area contributed by atoms with Crippen LogP contribution in [0.15, 0.2) is 59.8 Å². The van der Waals surface area contributed by atoms with E-state index in [1.165, 1.54) is 17.4 Å². The van der Waals surface area contributed by atoms with Gasteiger partial charge in [0.15, 0.2) is 0 Å². The number of benzene rings is 2. The van der Waals surface area contributed by atoms with E-state index in [1.807, 2.05) is 0 Å². The molecule has 1 aliphatic rings. The molecule has 0 saturated heterocycles. The molecule has 3 aromatic rings. The van der Waals surface area contributed by atoms with E-state index < -0.39 is 23.6 Å². The summed E-state index contributed by atoms with van der Waals surface area (Å²) in [5, 5.41) is 6.46. The van der Waals surface area contributed by atoms with Crippen LogP contribution in [0, 0.1) is 11.6 Å². The molecule has 4 rings (SSSR count). The van der Waals surface area contributed by atoms with Gasteiger partial charge < -0.3 is 10.2 Å². The molecule has 0 spiro atoms. The molecule has 8 heteroatoms. The second-order valence-corrected chi connectivity index (χ2v) is 7.82. The van der Waals surface area contributed by atoms with Crippen molar-refractivity contribution in [2.24, 2.45) is 5.16 Å². The van der Waals surface area contributed by atoms with Crippen molar-refractivity contribution in [3.8, 4) is 11.1 Å². The minimum Gasteiger partial charge on any atom is -0.382 e. The van der Waals surface area contributed by atoms with Crippen molar-refractivity contribution >= 4 is 40.2 Å². The van der Waals surface area contributed by atoms with Crippen LogP contribution in [0.5, 0.6) is 0 Å². The predicted molar refractivity (Wildman–Crippen MR) is 106 cm³/mol. The summed E-state index contributed by atoms with van der Waals surface area (Å²) in [6, 6.07) is 14.1. The fraction of sp³-hybridized carbons (Fsp3) is 0.100. The van der Waals surface area contributed by atoms with Gasteiger partial charge in [-0.1, -0.05) is 47.1 Å². The Balaban J connectivity index is 1.56. The Morgan fingerprint density at radius 1 is 1.18 bits per heavy atom. The fourth-order valence-electron chi connectivity index (χ4n) is 2.88. The van der Waals surface area contributed by atoms with Crippen LogP contribution in [0.2, 0.25) is 4.34 Å². The van der Waals surface area contributed by atoms with Crippen molar-refractivity contribution in [3.63, 3.8) is 0 Å². The van der Waals surface area contributed by atoms with Gasteiger partial charge in [0, 0.05) is 18.1 Å². The van der Waals surface area contributed by atoms with Gasteiger partial charge in [0.05, 0.1) is 14.9 Å². The third-order valence-electron chi connectivity index (χ3n) is 4.21. The molecule has 1 aliphatic heterocycles. The Hall–Kier alpha value is -2.77. The lowest BCUT2D eigenvalue weighted by molar-refractivity contribution is -0.125. The number of hydrogen-bond acceptors (Lipinski definition) is 4. The molecule has 4 nitrogen and oxygen atoms in total. The molecule has 0 saturated carbocycles. The highest BCUT2D eigenvalue weighted by Gasteiger charge is 2.30. The maximum Gasteiger partial charge on any atom is 0.268 e. The second-order valence-electron chi connectivity index (χ2n) is 6.11. The quantitative estimate of drug-likeness (QED) is 0.610. The summed E-state index contributed by atoms with van der Waals surface area (Å²) in [4.78, 5) is 18.6. The predicted octanol–water partition coefficient (Wildman–Crippen LogP) is 5.48. The van der Waals surface area contributed by atoms with E-state index in [9.17, 15) is 13.6 Å². The minimum absolute atomic E-state index is 0.103. The Labute approximate surface area is 168 Å². The van der Waals surface area contributed by atoms with Crippen molar-refractivity contribution in [1.82, 2.24) is 0 Å². The van der Waals surface area contributed by atoms with E-state index in [4.69, 9.17) is 16.4 Å². The van der Waals surface area contributed by atoms with Gasteiger partial charge in [0.2, 0.25) is 6.10 Å². The molecule has 0 bridgehead atoms. The van der Waals surface area contributed by atoms with E-state index >= 15 is 0 Å². The van der Waals surface area contributed by atoms with Gasteiger partial charge in [-0.3, -0.25) is 4.79 Å². The molecule has 142 valence electrons. The lowest BCUT2D eigenvalue weighted by Crippen LogP contribution is -2.28. The van der Waals surface area contributed by atoms with Gasteiger partial charge in [-0.05, 0) is 23.8 Å². The van der Waals surface area contributed by atoms with Crippen LogP contribution >= 0.6 is 22.9 Å². The molecule has 1 amide bonds. The SMILES string of the molecule is O=C(Nc1c(F)cc(F)cc1-c1ccccc1)C1CC(c2ccc(Cl)s2)=NO1. The van der Waals surface area contributed by atoms with E-state index in [0.29, 0.717) is 15.6 Å². The van der Waals surface area contributed by atoms with Crippen molar-refractivity contribution in [2.45, 2.75) is 12.5 Å². The summed E-state index contributed by atoms with van der Waals surface area (Å²) < 4.78 is 28.8. The largest absolute Gasteiger partial charge is 0.382 e. The number of hydrogen-bond donors (Lipinski definition) is 1. The van der Waals surface area contributed by atoms with Gasteiger partial charge in [0.25, 0.3) is 5.91 Å². The average molecular weight is 419 g/mol. The maximum atomic E-state index is 14.5. The third kappa shape index (κ3) is 3.76. The van der Waals surface area contributed by atoms with Gasteiger partial charge >= 0.3 is 0 Å². The lowest BCUT2D eigenvalue weighted by atomic mass is 10.0. The molecule has 1 atom stereocenters. The lowest BCUT2D eigenvalue weighted by Gasteiger charge is -2.15. The number of rotatable bonds is 4. The standard InChI is InChI=1S/C20H13ClF2N2O2S/c21-18-7-6-17(28-18)15-10-16(27-25-15)20(26)24-19-13(8-12(22)9-14(19)23)11-4-2-1-3-5-11/h1-9,16H,10H2,(H,24,26). The summed E-state index contributed by atoms with van der Waals surface area (Å²) in [5.41, 5.74) is 1.32. The average Bonchev–Trinajstić information content (AvgIpc) is 3.33. The number of nitrogens with zero attached hydrogens (tertiary/aromatic N) is 1. The highest BCUT2D eigenvalue weighted by atomic mass is 35.5. The molecule has 0 fully saturated rings. The smallest absolute Gasteiger partial charge is 0.268 e. The summed E-state index contributed by atoms with van der Waals surface area (Å²) in [5.74, 6) is -2.16. The molecule has 0 radical (unpaired) electrons. The fourth-order valence-corrected chi connectivity index (χ4v) is 3.92. The highest BCUT2D eigenvalue weighted by molar-refractivity contribution is 7.18. The number of thiophene rings is 1. The first-order valence-electron chi connectivity index (χ1n) is 8.35. The maximum absolute atomic E-state index is 14.5. The number of carbonyl (C=O) groups is 1. The summed E-state index contributed by atoms with van der Waals surface area (Å²) in [6.07, 6.45) is -0.685. The zero-order valence-electron chi connectivity index (χ0n) is 14.3. The van der Waals surface area contributed by atoms with Crippen LogP contribution in [0.3, 0.4) is 0 Å². The molecule has 2 heterocycles. The number of nitrogens with one attached hydrogen (secondary N) is 1. The Morgan fingerprint density at radius 3 is 2.68 bits per heavy atom. The van der Waals surface area contributed by atoms with Crippen LogP contribution in [0.4, 0.5) is 14.5 Å². The monoisotopic (exact) mass is 418 g/mol. The number of anilines is 1. The Kier molecular flexibility index (Phi) is 5.11. The summed E-state index contributed by atoms with van der Waals surface area (Å²) in [6.45, 7) is 0. The van der Waals surface area contributed by atoms with Crippen LogP contribution in [0.1, 0.15) is 11.3 Å². The number of carbonyl (C=O) groups excluding carboxylic acids is 1. The van der Waals surface area contributed by atoms with Crippen molar-refractivity contribution in [2.75, 3.05) is 5.32 Å². The summed E-state index contributed by atoms with van der Waals surface area (Å²) >= 11 is 7.25. The normalized spacial score (nSPS) is 15.8. The second kappa shape index (κ2) is 7.69. The van der Waals surface area contributed by atoms with Gasteiger partial charge in [-0.25, -0.2) is 8.78 Å². The first-order chi connectivity index (χ1) is 13.5. The third-order valence-corrected chi connectivity index (χ3v) is 5.49. The zero-order valence-corrected chi connectivity index (χ0v) is 15.9. The molecule has 0 aliphatic carbocycles. The Bertz CT molecular complexity index is 1070. The molecule has 2 aromatic carbocycles. The number of amides is 1. The minimum atomic E-state index is -0.913. The first-order valence-corrected chi connectivity index (χ1v) is 9.54. The van der Waals surface area contributed by atoms with Crippen LogP contribution < -0.4 is 5.32 Å². The summed E-state index contributed by atoms with van der Waals surface area (Å²) in [7, 11) is 0. The van der Waals surface area contributed by atoms with Gasteiger partial charge in [-0.15, -0.1) is 11.3 Å². The highest BCUT2D eigenvalue weighted by Crippen LogP contribution is 2.32. The molecular formula is C20H13ClF2N2O2S. The first kappa shape index (κ1) is 18.6. The van der Waals surface area contributed by atoms with E-state index in [2.05, 4.69) is 10.5 Å². The van der Waals surface area contributed by atoms with Crippen LogP contribution in [0.25, 0.3) is 11.1 Å². The molecule has 1 N–H and O–H groups in total. The van der Waals surface area contributed by atoms with Crippen molar-refractivity contribution in [1.29, 1.82) is 0 Å². The van der Waals surface area contributed by atoms with E-state index in [1.54, 1.807) is 42.5 Å². The zero-order chi connectivity index (χ0) is 19.7.